The molecule has 1 aliphatic rings. The molecule has 128 valence electrons. The highest BCUT2D eigenvalue weighted by molar-refractivity contribution is 7.90. The van der Waals surface area contributed by atoms with Crippen molar-refractivity contribution < 1.29 is 27.1 Å². The predicted octanol–water partition coefficient (Wildman–Crippen LogP) is 3.74. The second kappa shape index (κ2) is 6.36. The van der Waals surface area contributed by atoms with Gasteiger partial charge in [-0.15, -0.1) is 0 Å². The van der Waals surface area contributed by atoms with Gasteiger partial charge in [-0.3, -0.25) is 4.79 Å². The van der Waals surface area contributed by atoms with Gasteiger partial charge >= 0.3 is 5.97 Å². The molecule has 0 radical (unpaired) electrons. The number of carboxylic acids is 1. The van der Waals surface area contributed by atoms with Crippen molar-refractivity contribution in [2.75, 3.05) is 6.26 Å². The van der Waals surface area contributed by atoms with Gasteiger partial charge in [-0.25, -0.2) is 17.2 Å². The van der Waals surface area contributed by atoms with E-state index in [9.17, 15) is 27.1 Å². The van der Waals surface area contributed by atoms with Crippen LogP contribution in [-0.2, 0) is 14.6 Å². The van der Waals surface area contributed by atoms with Crippen LogP contribution in [0.2, 0.25) is 5.02 Å². The normalized spacial score (nSPS) is 22.0. The Morgan fingerprint density at radius 1 is 1.48 bits per heavy atom. The molecule has 1 saturated carbocycles. The largest absolute Gasteiger partial charge is 0.481 e. The van der Waals surface area contributed by atoms with E-state index in [0.29, 0.717) is 5.56 Å². The maximum absolute atomic E-state index is 13.3. The van der Waals surface area contributed by atoms with Crippen molar-refractivity contribution in [2.24, 2.45) is 5.92 Å². The Morgan fingerprint density at radius 2 is 2.13 bits per heavy atom. The van der Waals surface area contributed by atoms with Gasteiger partial charge in [0.25, 0.3) is 0 Å². The Bertz CT molecular complexity index is 718. The molecule has 0 bridgehead atoms. The van der Waals surface area contributed by atoms with Gasteiger partial charge in [-0.2, -0.15) is 0 Å². The van der Waals surface area contributed by atoms with Gasteiger partial charge in [-0.05, 0) is 36.5 Å². The van der Waals surface area contributed by atoms with Crippen molar-refractivity contribution in [3.63, 3.8) is 0 Å². The van der Waals surface area contributed by atoms with Gasteiger partial charge in [0, 0.05) is 19.1 Å². The van der Waals surface area contributed by atoms with Crippen molar-refractivity contribution in [1.82, 2.24) is 0 Å². The Balaban J connectivity index is 2.25. The summed E-state index contributed by atoms with van der Waals surface area (Å²) in [5.41, 5.74) is 0.324. The van der Waals surface area contributed by atoms with Gasteiger partial charge < -0.3 is 5.11 Å². The van der Waals surface area contributed by atoms with E-state index >= 15 is 0 Å². The highest BCUT2D eigenvalue weighted by atomic mass is 35.5. The average molecular weight is 367 g/mol. The molecule has 1 aromatic carbocycles. The fourth-order valence-electron chi connectivity index (χ4n) is 2.99. The number of aliphatic carboxylic acids is 1. The lowest BCUT2D eigenvalue weighted by molar-refractivity contribution is -0.139. The number of hydrogen-bond donors (Lipinski definition) is 1. The second-order valence-corrected chi connectivity index (χ2v) is 8.44. The zero-order valence-corrected chi connectivity index (χ0v) is 14.0. The molecule has 8 heteroatoms. The van der Waals surface area contributed by atoms with E-state index in [1.54, 1.807) is 0 Å². The molecule has 23 heavy (non-hydrogen) atoms. The average Bonchev–Trinajstić information content (AvgIpc) is 2.73. The van der Waals surface area contributed by atoms with Crippen LogP contribution in [-0.4, -0.2) is 31.7 Å². The predicted molar refractivity (Wildman–Crippen MR) is 81.8 cm³/mol. The summed E-state index contributed by atoms with van der Waals surface area (Å²) in [7, 11) is -3.51. The molecule has 4 nitrogen and oxygen atoms in total. The first-order valence-electron chi connectivity index (χ1n) is 7.10. The van der Waals surface area contributed by atoms with Crippen LogP contribution in [0.5, 0.6) is 0 Å². The van der Waals surface area contributed by atoms with Crippen molar-refractivity contribution in [1.29, 1.82) is 0 Å². The molecule has 1 aromatic rings. The number of carbonyl (C=O) groups is 1. The maximum atomic E-state index is 13.3. The topological polar surface area (TPSA) is 71.4 Å². The number of carboxylic acid groups (broad SMARTS) is 1. The maximum Gasteiger partial charge on any atom is 0.310 e. The van der Waals surface area contributed by atoms with Gasteiger partial charge in [0.1, 0.15) is 0 Å². The number of benzene rings is 1. The summed E-state index contributed by atoms with van der Waals surface area (Å²) in [6.07, 6.45) is 0.832. The first kappa shape index (κ1) is 18.1. The van der Waals surface area contributed by atoms with E-state index in [2.05, 4.69) is 0 Å². The lowest BCUT2D eigenvalue weighted by atomic mass is 9.88. The minimum absolute atomic E-state index is 0.0620. The number of alkyl halides is 2. The van der Waals surface area contributed by atoms with Crippen LogP contribution in [0.4, 0.5) is 8.78 Å². The standard InChI is InChI=1S/C15H17ClF2O4S/c1-23(21,22)13-3-2-10(7-12(13)16)11(14(19)20)6-9-4-5-15(17,18)8-9/h2-3,7,9,11H,4-6,8H2,1H3,(H,19,20). The van der Waals surface area contributed by atoms with Crippen LogP contribution in [0.25, 0.3) is 0 Å². The molecule has 0 aliphatic heterocycles. The quantitative estimate of drug-likeness (QED) is 0.861. The summed E-state index contributed by atoms with van der Waals surface area (Å²) in [6, 6.07) is 3.93. The fraction of sp³-hybridized carbons (Fsp3) is 0.533. The van der Waals surface area contributed by atoms with E-state index in [-0.39, 0.29) is 41.5 Å². The molecule has 0 amide bonds. The molecule has 1 fully saturated rings. The monoisotopic (exact) mass is 366 g/mol. The summed E-state index contributed by atoms with van der Waals surface area (Å²) in [4.78, 5) is 11.4. The molecular formula is C15H17ClF2O4S. The van der Waals surface area contributed by atoms with Gasteiger partial charge in [0.15, 0.2) is 9.84 Å². The Morgan fingerprint density at radius 3 is 2.57 bits per heavy atom. The smallest absolute Gasteiger partial charge is 0.310 e. The molecule has 2 unspecified atom stereocenters. The Kier molecular flexibility index (Phi) is 5.01. The number of halogens is 3. The van der Waals surface area contributed by atoms with Crippen LogP contribution in [0.15, 0.2) is 23.1 Å². The van der Waals surface area contributed by atoms with E-state index in [1.807, 2.05) is 0 Å². The van der Waals surface area contributed by atoms with Crippen molar-refractivity contribution in [3.8, 4) is 0 Å². The van der Waals surface area contributed by atoms with Crippen molar-refractivity contribution in [2.45, 2.75) is 42.4 Å². The van der Waals surface area contributed by atoms with E-state index < -0.39 is 27.6 Å². The van der Waals surface area contributed by atoms with Crippen LogP contribution in [0.3, 0.4) is 0 Å². The van der Waals surface area contributed by atoms with Crippen molar-refractivity contribution >= 4 is 27.4 Å². The molecule has 2 atom stereocenters. The van der Waals surface area contributed by atoms with Crippen LogP contribution in [0.1, 0.15) is 37.2 Å². The SMILES string of the molecule is CS(=O)(=O)c1ccc(C(CC2CCC(F)(F)C2)C(=O)O)cc1Cl. The van der Waals surface area contributed by atoms with Gasteiger partial charge in [0.05, 0.1) is 15.8 Å². The summed E-state index contributed by atoms with van der Waals surface area (Å²) < 4.78 is 49.6. The summed E-state index contributed by atoms with van der Waals surface area (Å²) >= 11 is 5.93. The first-order valence-corrected chi connectivity index (χ1v) is 9.37. The number of hydrogen-bond acceptors (Lipinski definition) is 3. The van der Waals surface area contributed by atoms with Crippen LogP contribution in [0, 0.1) is 5.92 Å². The third kappa shape index (κ3) is 4.41. The van der Waals surface area contributed by atoms with Crippen LogP contribution >= 0.6 is 11.6 Å². The highest BCUT2D eigenvalue weighted by Crippen LogP contribution is 2.43. The highest BCUT2D eigenvalue weighted by Gasteiger charge is 2.41. The molecule has 0 saturated heterocycles. The summed E-state index contributed by atoms with van der Waals surface area (Å²) in [6.45, 7) is 0. The molecule has 1 aliphatic carbocycles. The molecule has 2 rings (SSSR count). The minimum atomic E-state index is -3.51. The zero-order chi connectivity index (χ0) is 17.4. The zero-order valence-electron chi connectivity index (χ0n) is 12.4. The Hall–Kier alpha value is -1.21. The number of sulfone groups is 1. The first-order chi connectivity index (χ1) is 10.5. The minimum Gasteiger partial charge on any atom is -0.481 e. The van der Waals surface area contributed by atoms with Crippen LogP contribution < -0.4 is 0 Å². The van der Waals surface area contributed by atoms with E-state index in [1.165, 1.54) is 18.2 Å². The third-order valence-corrected chi connectivity index (χ3v) is 5.71. The number of rotatable bonds is 5. The molecular weight excluding hydrogens is 350 g/mol. The third-order valence-electron chi connectivity index (χ3n) is 4.13. The van der Waals surface area contributed by atoms with Gasteiger partial charge in [-0.1, -0.05) is 17.7 Å². The molecule has 1 N–H and O–H groups in total. The second-order valence-electron chi connectivity index (χ2n) is 6.05. The molecule has 0 heterocycles. The summed E-state index contributed by atoms with van der Waals surface area (Å²) in [5.74, 6) is -5.23. The summed E-state index contributed by atoms with van der Waals surface area (Å²) in [5, 5.41) is 9.33. The van der Waals surface area contributed by atoms with Gasteiger partial charge in [0.2, 0.25) is 5.92 Å². The lowest BCUT2D eigenvalue weighted by Crippen LogP contribution is -2.17. The lowest BCUT2D eigenvalue weighted by Gasteiger charge is -2.18. The molecule has 0 spiro atoms. The molecule has 0 aromatic heterocycles. The fourth-order valence-corrected chi connectivity index (χ4v) is 4.33. The van der Waals surface area contributed by atoms with E-state index in [4.69, 9.17) is 11.6 Å². The Labute approximate surface area is 138 Å². The van der Waals surface area contributed by atoms with Crippen molar-refractivity contribution in [3.05, 3.63) is 28.8 Å². The van der Waals surface area contributed by atoms with E-state index in [0.717, 1.165) is 6.26 Å².